The van der Waals surface area contributed by atoms with Gasteiger partial charge in [0.15, 0.2) is 5.65 Å². The maximum atomic E-state index is 4.71. The van der Waals surface area contributed by atoms with Crippen LogP contribution in [0.15, 0.2) is 55.0 Å². The molecule has 0 radical (unpaired) electrons. The monoisotopic (exact) mass is 400 g/mol. The minimum atomic E-state index is 0.561. The van der Waals surface area contributed by atoms with Crippen molar-refractivity contribution in [2.45, 2.75) is 6.54 Å². The Bertz CT molecular complexity index is 1150. The lowest BCUT2D eigenvalue weighted by atomic mass is 10.2. The van der Waals surface area contributed by atoms with E-state index in [1.54, 1.807) is 18.6 Å². The van der Waals surface area contributed by atoms with Gasteiger partial charge in [-0.3, -0.25) is 9.88 Å². The van der Waals surface area contributed by atoms with Crippen molar-refractivity contribution in [1.82, 2.24) is 34.7 Å². The first-order chi connectivity index (χ1) is 14.8. The van der Waals surface area contributed by atoms with Crippen molar-refractivity contribution in [3.63, 3.8) is 0 Å². The summed E-state index contributed by atoms with van der Waals surface area (Å²) in [5, 5.41) is 6.74. The van der Waals surface area contributed by atoms with Gasteiger partial charge in [0.1, 0.15) is 11.3 Å². The molecule has 5 rings (SSSR count). The Morgan fingerprint density at radius 1 is 1.07 bits per heavy atom. The predicted molar refractivity (Wildman–Crippen MR) is 117 cm³/mol. The van der Waals surface area contributed by atoms with Crippen LogP contribution in [0.3, 0.4) is 0 Å². The van der Waals surface area contributed by atoms with Gasteiger partial charge in [0, 0.05) is 63.4 Å². The molecule has 1 aliphatic heterocycles. The van der Waals surface area contributed by atoms with Crippen LogP contribution in [-0.2, 0) is 13.6 Å². The maximum Gasteiger partial charge on any atom is 0.229 e. The van der Waals surface area contributed by atoms with Crippen LogP contribution in [0.5, 0.6) is 0 Å². The Hall–Kier alpha value is -3.36. The standard InChI is InChI=1S/C22H24N8/c1-29-20(17-5-7-23-8-6-17)27-19-14-25-22(28-21(19)29)26-18-4-2-3-16(13-18)15-30-11-9-24-10-12-30/h2-8,13-14,24H,9-12,15H2,1H3,(H,25,26,28). The summed E-state index contributed by atoms with van der Waals surface area (Å²) in [4.78, 5) is 20.4. The summed E-state index contributed by atoms with van der Waals surface area (Å²) in [5.41, 5.74) is 4.82. The molecule has 4 aromatic rings. The number of nitrogens with zero attached hydrogens (tertiary/aromatic N) is 6. The summed E-state index contributed by atoms with van der Waals surface area (Å²) in [6, 6.07) is 12.3. The van der Waals surface area contributed by atoms with Gasteiger partial charge in [0.25, 0.3) is 0 Å². The van der Waals surface area contributed by atoms with Crippen LogP contribution >= 0.6 is 0 Å². The van der Waals surface area contributed by atoms with Gasteiger partial charge in [-0.25, -0.2) is 9.97 Å². The Kier molecular flexibility index (Phi) is 5.08. The average Bonchev–Trinajstić information content (AvgIpc) is 3.11. The molecule has 0 bridgehead atoms. The van der Waals surface area contributed by atoms with E-state index >= 15 is 0 Å². The third kappa shape index (κ3) is 3.87. The first-order valence-corrected chi connectivity index (χ1v) is 10.2. The number of imidazole rings is 1. The third-order valence-corrected chi connectivity index (χ3v) is 5.35. The van der Waals surface area contributed by atoms with E-state index in [1.165, 1.54) is 5.56 Å². The Morgan fingerprint density at radius 2 is 1.90 bits per heavy atom. The molecule has 0 unspecified atom stereocenters. The van der Waals surface area contributed by atoms with E-state index in [1.807, 2.05) is 29.8 Å². The van der Waals surface area contributed by atoms with E-state index in [4.69, 9.17) is 4.98 Å². The Labute approximate surface area is 175 Å². The van der Waals surface area contributed by atoms with Gasteiger partial charge in [-0.2, -0.15) is 4.98 Å². The second-order valence-corrected chi connectivity index (χ2v) is 7.48. The van der Waals surface area contributed by atoms with E-state index in [9.17, 15) is 0 Å². The van der Waals surface area contributed by atoms with Gasteiger partial charge >= 0.3 is 0 Å². The van der Waals surface area contributed by atoms with Gasteiger partial charge in [-0.15, -0.1) is 0 Å². The lowest BCUT2D eigenvalue weighted by Crippen LogP contribution is -2.42. The molecule has 30 heavy (non-hydrogen) atoms. The van der Waals surface area contributed by atoms with Crippen molar-refractivity contribution in [3.05, 3.63) is 60.6 Å². The van der Waals surface area contributed by atoms with E-state index in [2.05, 4.69) is 48.7 Å². The van der Waals surface area contributed by atoms with Gasteiger partial charge in [-0.1, -0.05) is 12.1 Å². The lowest BCUT2D eigenvalue weighted by Gasteiger charge is -2.27. The molecule has 3 aromatic heterocycles. The zero-order chi connectivity index (χ0) is 20.3. The second-order valence-electron chi connectivity index (χ2n) is 7.48. The quantitative estimate of drug-likeness (QED) is 0.533. The Morgan fingerprint density at radius 3 is 2.73 bits per heavy atom. The fraction of sp³-hybridized carbons (Fsp3) is 0.273. The maximum absolute atomic E-state index is 4.71. The van der Waals surface area contributed by atoms with Crippen molar-refractivity contribution in [3.8, 4) is 11.4 Å². The van der Waals surface area contributed by atoms with Crippen LogP contribution in [0, 0.1) is 0 Å². The van der Waals surface area contributed by atoms with Crippen molar-refractivity contribution in [1.29, 1.82) is 0 Å². The third-order valence-electron chi connectivity index (χ3n) is 5.35. The number of benzene rings is 1. The molecule has 0 aliphatic carbocycles. The number of pyridine rings is 1. The SMILES string of the molecule is Cn1c(-c2ccncc2)nc2cnc(Nc3cccc(CN4CCNCC4)c3)nc21. The van der Waals surface area contributed by atoms with Crippen LogP contribution in [0.2, 0.25) is 0 Å². The lowest BCUT2D eigenvalue weighted by molar-refractivity contribution is 0.233. The molecular formula is C22H24N8. The predicted octanol–water partition coefficient (Wildman–Crippen LogP) is 2.57. The van der Waals surface area contributed by atoms with Crippen LogP contribution < -0.4 is 10.6 Å². The van der Waals surface area contributed by atoms with Gasteiger partial charge in [0.2, 0.25) is 5.95 Å². The fourth-order valence-corrected chi connectivity index (χ4v) is 3.80. The van der Waals surface area contributed by atoms with Crippen LogP contribution in [0.25, 0.3) is 22.6 Å². The van der Waals surface area contributed by atoms with E-state index < -0.39 is 0 Å². The van der Waals surface area contributed by atoms with E-state index in [0.717, 1.165) is 61.0 Å². The highest BCUT2D eigenvalue weighted by atomic mass is 15.2. The molecule has 1 aromatic carbocycles. The number of rotatable bonds is 5. The highest BCUT2D eigenvalue weighted by molar-refractivity contribution is 5.77. The van der Waals surface area contributed by atoms with Gasteiger partial charge in [-0.05, 0) is 29.8 Å². The smallest absolute Gasteiger partial charge is 0.229 e. The zero-order valence-electron chi connectivity index (χ0n) is 16.9. The first-order valence-electron chi connectivity index (χ1n) is 10.2. The minimum Gasteiger partial charge on any atom is -0.324 e. The zero-order valence-corrected chi connectivity index (χ0v) is 16.9. The average molecular weight is 400 g/mol. The van der Waals surface area contributed by atoms with Crippen molar-refractivity contribution >= 4 is 22.8 Å². The molecule has 0 amide bonds. The fourth-order valence-electron chi connectivity index (χ4n) is 3.80. The molecule has 8 nitrogen and oxygen atoms in total. The van der Waals surface area contributed by atoms with Crippen molar-refractivity contribution in [2.75, 3.05) is 31.5 Å². The molecular weight excluding hydrogens is 376 g/mol. The normalized spacial score (nSPS) is 14.8. The van der Waals surface area contributed by atoms with Crippen LogP contribution in [-0.4, -0.2) is 55.6 Å². The minimum absolute atomic E-state index is 0.561. The number of piperazine rings is 1. The second kappa shape index (κ2) is 8.17. The number of aromatic nitrogens is 5. The van der Waals surface area contributed by atoms with Gasteiger partial charge < -0.3 is 15.2 Å². The molecule has 4 heterocycles. The van der Waals surface area contributed by atoms with Crippen LogP contribution in [0.1, 0.15) is 5.56 Å². The molecule has 2 N–H and O–H groups in total. The summed E-state index contributed by atoms with van der Waals surface area (Å²) in [5.74, 6) is 1.41. The number of anilines is 2. The summed E-state index contributed by atoms with van der Waals surface area (Å²) in [7, 11) is 1.97. The first kappa shape index (κ1) is 18.7. The number of hydrogen-bond donors (Lipinski definition) is 2. The van der Waals surface area contributed by atoms with Crippen LogP contribution in [0.4, 0.5) is 11.6 Å². The molecule has 0 spiro atoms. The van der Waals surface area contributed by atoms with E-state index in [0.29, 0.717) is 5.95 Å². The van der Waals surface area contributed by atoms with Crippen molar-refractivity contribution < 1.29 is 0 Å². The van der Waals surface area contributed by atoms with Gasteiger partial charge in [0.05, 0.1) is 6.20 Å². The number of aryl methyl sites for hydroxylation is 1. The molecule has 1 aliphatic rings. The largest absolute Gasteiger partial charge is 0.324 e. The Balaban J connectivity index is 1.38. The molecule has 152 valence electrons. The van der Waals surface area contributed by atoms with E-state index in [-0.39, 0.29) is 0 Å². The summed E-state index contributed by atoms with van der Waals surface area (Å²) < 4.78 is 1.98. The number of hydrogen-bond acceptors (Lipinski definition) is 7. The molecule has 8 heteroatoms. The summed E-state index contributed by atoms with van der Waals surface area (Å²) >= 11 is 0. The molecule has 1 saturated heterocycles. The molecule has 0 atom stereocenters. The summed E-state index contributed by atoms with van der Waals surface area (Å²) in [6.45, 7) is 5.22. The number of fused-ring (bicyclic) bond motifs is 1. The molecule has 0 saturated carbocycles. The van der Waals surface area contributed by atoms with Crippen molar-refractivity contribution in [2.24, 2.45) is 7.05 Å². The highest BCUT2D eigenvalue weighted by Gasteiger charge is 2.13. The molecule has 1 fully saturated rings. The summed E-state index contributed by atoms with van der Waals surface area (Å²) in [6.07, 6.45) is 5.29. The topological polar surface area (TPSA) is 83.8 Å². The number of nitrogens with one attached hydrogen (secondary N) is 2. The highest BCUT2D eigenvalue weighted by Crippen LogP contribution is 2.23.